The van der Waals surface area contributed by atoms with Crippen LogP contribution in [0.25, 0.3) is 0 Å². The molecule has 2 amide bonds. The standard InChI is InChI=1S/C17H21FN2O4/c1-10(2)17(16(23)24)6-7-20(9-17)15(22)13-8-12(19-11(3)21)4-5-14(13)18/h4-5,8,10H,6-7,9H2,1-3H3,(H,19,21)(H,23,24). The number of amides is 2. The van der Waals surface area contributed by atoms with Crippen LogP contribution < -0.4 is 5.32 Å². The van der Waals surface area contributed by atoms with Gasteiger partial charge in [-0.25, -0.2) is 4.39 Å². The molecule has 0 spiro atoms. The number of hydrogen-bond donors (Lipinski definition) is 2. The Morgan fingerprint density at radius 1 is 1.33 bits per heavy atom. The first-order chi connectivity index (χ1) is 11.2. The van der Waals surface area contributed by atoms with Gasteiger partial charge in [-0.05, 0) is 30.5 Å². The lowest BCUT2D eigenvalue weighted by Crippen LogP contribution is -2.40. The molecular formula is C17H21FN2O4. The Labute approximate surface area is 139 Å². The summed E-state index contributed by atoms with van der Waals surface area (Å²) in [4.78, 5) is 36.7. The van der Waals surface area contributed by atoms with E-state index in [1.807, 2.05) is 0 Å². The van der Waals surface area contributed by atoms with Crippen molar-refractivity contribution >= 4 is 23.5 Å². The number of likely N-dealkylation sites (tertiary alicyclic amines) is 1. The third-order valence-electron chi connectivity index (χ3n) is 4.64. The van der Waals surface area contributed by atoms with Gasteiger partial charge in [-0.2, -0.15) is 0 Å². The van der Waals surface area contributed by atoms with Crippen molar-refractivity contribution in [1.29, 1.82) is 0 Å². The van der Waals surface area contributed by atoms with E-state index >= 15 is 0 Å². The van der Waals surface area contributed by atoms with E-state index in [2.05, 4.69) is 5.32 Å². The van der Waals surface area contributed by atoms with Crippen molar-refractivity contribution in [3.63, 3.8) is 0 Å². The number of carbonyl (C=O) groups excluding carboxylic acids is 2. The molecule has 1 atom stereocenters. The Morgan fingerprint density at radius 2 is 2.00 bits per heavy atom. The summed E-state index contributed by atoms with van der Waals surface area (Å²) < 4.78 is 14.0. The zero-order valence-corrected chi connectivity index (χ0v) is 13.9. The van der Waals surface area contributed by atoms with E-state index in [0.717, 1.165) is 6.07 Å². The van der Waals surface area contributed by atoms with E-state index in [1.54, 1.807) is 13.8 Å². The topological polar surface area (TPSA) is 86.7 Å². The smallest absolute Gasteiger partial charge is 0.311 e. The van der Waals surface area contributed by atoms with Gasteiger partial charge in [0.15, 0.2) is 0 Å². The van der Waals surface area contributed by atoms with Crippen LogP contribution in [0.1, 0.15) is 37.6 Å². The first kappa shape index (κ1) is 17.9. The lowest BCUT2D eigenvalue weighted by molar-refractivity contribution is -0.150. The Bertz CT molecular complexity index is 689. The normalized spacial score (nSPS) is 20.3. The van der Waals surface area contributed by atoms with Gasteiger partial charge in [0.05, 0.1) is 11.0 Å². The maximum atomic E-state index is 14.0. The summed E-state index contributed by atoms with van der Waals surface area (Å²) in [6.45, 7) is 5.23. The number of carboxylic acid groups (broad SMARTS) is 1. The highest BCUT2D eigenvalue weighted by molar-refractivity contribution is 5.97. The van der Waals surface area contributed by atoms with Crippen molar-refractivity contribution in [1.82, 2.24) is 4.90 Å². The maximum absolute atomic E-state index is 14.0. The molecule has 1 unspecified atom stereocenters. The number of carboxylic acids is 1. The number of aliphatic carboxylic acids is 1. The first-order valence-electron chi connectivity index (χ1n) is 7.77. The molecule has 2 rings (SSSR count). The number of anilines is 1. The quantitative estimate of drug-likeness (QED) is 0.884. The van der Waals surface area contributed by atoms with Gasteiger partial charge in [0.2, 0.25) is 5.91 Å². The minimum atomic E-state index is -1.01. The van der Waals surface area contributed by atoms with Crippen LogP contribution in [0, 0.1) is 17.2 Å². The Hall–Kier alpha value is -2.44. The molecule has 1 aliphatic rings. The number of rotatable bonds is 4. The molecule has 1 aromatic rings. The van der Waals surface area contributed by atoms with Gasteiger partial charge in [0, 0.05) is 25.7 Å². The van der Waals surface area contributed by atoms with Gasteiger partial charge in [0.25, 0.3) is 5.91 Å². The summed E-state index contributed by atoms with van der Waals surface area (Å²) in [5.41, 5.74) is -0.868. The maximum Gasteiger partial charge on any atom is 0.311 e. The molecule has 0 saturated carbocycles. The van der Waals surface area contributed by atoms with E-state index in [1.165, 1.54) is 24.0 Å². The van der Waals surface area contributed by atoms with Gasteiger partial charge >= 0.3 is 5.97 Å². The number of halogens is 1. The average Bonchev–Trinajstić information content (AvgIpc) is 2.94. The van der Waals surface area contributed by atoms with Crippen LogP contribution in [0.2, 0.25) is 0 Å². The van der Waals surface area contributed by atoms with Crippen LogP contribution in [-0.2, 0) is 9.59 Å². The molecule has 0 bridgehead atoms. The fourth-order valence-electron chi connectivity index (χ4n) is 3.04. The molecule has 1 fully saturated rings. The Kier molecular flexibility index (Phi) is 4.91. The van der Waals surface area contributed by atoms with Crippen molar-refractivity contribution in [3.05, 3.63) is 29.6 Å². The van der Waals surface area contributed by atoms with E-state index in [0.29, 0.717) is 12.1 Å². The number of carbonyl (C=O) groups is 3. The number of nitrogens with zero attached hydrogens (tertiary/aromatic N) is 1. The van der Waals surface area contributed by atoms with Gasteiger partial charge in [0.1, 0.15) is 5.82 Å². The third kappa shape index (κ3) is 3.25. The molecule has 0 aliphatic carbocycles. The molecule has 2 N–H and O–H groups in total. The zero-order valence-electron chi connectivity index (χ0n) is 13.9. The molecule has 0 aromatic heterocycles. The van der Waals surface area contributed by atoms with Gasteiger partial charge in [-0.15, -0.1) is 0 Å². The van der Waals surface area contributed by atoms with E-state index < -0.39 is 23.1 Å². The monoisotopic (exact) mass is 336 g/mol. The van der Waals surface area contributed by atoms with Crippen LogP contribution in [0.3, 0.4) is 0 Å². The predicted octanol–water partition coefficient (Wildman–Crippen LogP) is 2.36. The molecule has 1 aromatic carbocycles. The SMILES string of the molecule is CC(=O)Nc1ccc(F)c(C(=O)N2CCC(C(=O)O)(C(C)C)C2)c1. The summed E-state index contributed by atoms with van der Waals surface area (Å²) >= 11 is 0. The second-order valence-corrected chi connectivity index (χ2v) is 6.47. The lowest BCUT2D eigenvalue weighted by atomic mass is 9.76. The summed E-state index contributed by atoms with van der Waals surface area (Å²) in [5.74, 6) is -2.69. The fraction of sp³-hybridized carbons (Fsp3) is 0.471. The number of benzene rings is 1. The number of hydrogen-bond acceptors (Lipinski definition) is 3. The zero-order chi connectivity index (χ0) is 18.1. The average molecular weight is 336 g/mol. The Morgan fingerprint density at radius 3 is 2.50 bits per heavy atom. The molecule has 1 heterocycles. The second kappa shape index (κ2) is 6.59. The largest absolute Gasteiger partial charge is 0.481 e. The Balaban J connectivity index is 2.27. The highest BCUT2D eigenvalue weighted by atomic mass is 19.1. The minimum Gasteiger partial charge on any atom is -0.481 e. The molecule has 7 heteroatoms. The minimum absolute atomic E-state index is 0.0443. The molecule has 24 heavy (non-hydrogen) atoms. The summed E-state index contributed by atoms with van der Waals surface area (Å²) in [5, 5.41) is 12.0. The van der Waals surface area contributed by atoms with Gasteiger partial charge < -0.3 is 15.3 Å². The molecule has 6 nitrogen and oxygen atoms in total. The van der Waals surface area contributed by atoms with E-state index in [9.17, 15) is 23.9 Å². The van der Waals surface area contributed by atoms with E-state index in [4.69, 9.17) is 0 Å². The summed E-state index contributed by atoms with van der Waals surface area (Å²) in [7, 11) is 0. The molecule has 0 radical (unpaired) electrons. The van der Waals surface area contributed by atoms with Crippen molar-refractivity contribution in [2.45, 2.75) is 27.2 Å². The lowest BCUT2D eigenvalue weighted by Gasteiger charge is -2.28. The van der Waals surface area contributed by atoms with Gasteiger partial charge in [-0.1, -0.05) is 13.8 Å². The molecule has 1 aliphatic heterocycles. The summed E-state index contributed by atoms with van der Waals surface area (Å²) in [6, 6.07) is 3.75. The van der Waals surface area contributed by atoms with Crippen molar-refractivity contribution in [2.75, 3.05) is 18.4 Å². The number of nitrogens with one attached hydrogen (secondary N) is 1. The van der Waals surface area contributed by atoms with Crippen LogP contribution in [0.15, 0.2) is 18.2 Å². The first-order valence-corrected chi connectivity index (χ1v) is 7.77. The van der Waals surface area contributed by atoms with Crippen molar-refractivity contribution < 1.29 is 23.9 Å². The van der Waals surface area contributed by atoms with Crippen LogP contribution in [0.4, 0.5) is 10.1 Å². The fourth-order valence-corrected chi connectivity index (χ4v) is 3.04. The van der Waals surface area contributed by atoms with Crippen molar-refractivity contribution in [2.24, 2.45) is 11.3 Å². The molecule has 130 valence electrons. The van der Waals surface area contributed by atoms with Gasteiger partial charge in [-0.3, -0.25) is 14.4 Å². The van der Waals surface area contributed by atoms with Crippen LogP contribution in [0.5, 0.6) is 0 Å². The van der Waals surface area contributed by atoms with E-state index in [-0.39, 0.29) is 30.5 Å². The predicted molar refractivity (Wildman–Crippen MR) is 86.1 cm³/mol. The van der Waals surface area contributed by atoms with Crippen LogP contribution in [-0.4, -0.2) is 40.9 Å². The third-order valence-corrected chi connectivity index (χ3v) is 4.64. The van der Waals surface area contributed by atoms with Crippen molar-refractivity contribution in [3.8, 4) is 0 Å². The highest BCUT2D eigenvalue weighted by Gasteiger charge is 2.48. The summed E-state index contributed by atoms with van der Waals surface area (Å²) in [6.07, 6.45) is 0.332. The molecular weight excluding hydrogens is 315 g/mol. The van der Waals surface area contributed by atoms with Crippen LogP contribution >= 0.6 is 0 Å². The second-order valence-electron chi connectivity index (χ2n) is 6.47. The highest BCUT2D eigenvalue weighted by Crippen LogP contribution is 2.38. The molecule has 1 saturated heterocycles.